The van der Waals surface area contributed by atoms with Gasteiger partial charge in [-0.2, -0.15) is 0 Å². The molecular weight excluding hydrogens is 242 g/mol. The van der Waals surface area contributed by atoms with E-state index < -0.39 is 0 Å². The van der Waals surface area contributed by atoms with E-state index in [9.17, 15) is 0 Å². The molecule has 0 radical (unpaired) electrons. The minimum Gasteiger partial charge on any atom is -0.376 e. The zero-order chi connectivity index (χ0) is 12.5. The number of rotatable bonds is 1. The van der Waals surface area contributed by atoms with Crippen molar-refractivity contribution in [3.8, 4) is 0 Å². The van der Waals surface area contributed by atoms with E-state index in [1.807, 2.05) is 36.4 Å². The maximum absolute atomic E-state index is 5.52. The molecular formula is C14H11N3S. The van der Waals surface area contributed by atoms with Crippen molar-refractivity contribution in [1.29, 1.82) is 0 Å². The third-order valence-corrected chi connectivity index (χ3v) is 2.91. The molecule has 0 unspecified atom stereocenters. The smallest absolute Gasteiger partial charge is 0.168 e. The summed E-state index contributed by atoms with van der Waals surface area (Å²) in [7, 11) is 0. The van der Waals surface area contributed by atoms with Gasteiger partial charge in [0.05, 0.1) is 16.7 Å². The first-order valence-corrected chi connectivity index (χ1v) is 6.00. The number of benzene rings is 2. The summed E-state index contributed by atoms with van der Waals surface area (Å²) in [6.45, 7) is 0. The number of nitrogens with zero attached hydrogens (tertiary/aromatic N) is 1. The summed E-state index contributed by atoms with van der Waals surface area (Å²) in [5.74, 6) is 0. The Bertz CT molecular complexity index is 752. The molecule has 0 atom stereocenters. The number of thiocarbonyl (C=S) groups is 1. The monoisotopic (exact) mass is 253 g/mol. The van der Waals surface area contributed by atoms with Crippen LogP contribution in [0.4, 0.5) is 5.69 Å². The van der Waals surface area contributed by atoms with Crippen LogP contribution >= 0.6 is 12.2 Å². The Kier molecular flexibility index (Phi) is 2.57. The van der Waals surface area contributed by atoms with Crippen LogP contribution in [0, 0.1) is 0 Å². The Morgan fingerprint density at radius 2 is 1.83 bits per heavy atom. The van der Waals surface area contributed by atoms with Gasteiger partial charge in [0.25, 0.3) is 0 Å². The Morgan fingerprint density at radius 3 is 2.67 bits per heavy atom. The maximum atomic E-state index is 5.52. The van der Waals surface area contributed by atoms with Gasteiger partial charge in [0.2, 0.25) is 0 Å². The van der Waals surface area contributed by atoms with Crippen LogP contribution in [-0.2, 0) is 0 Å². The van der Waals surface area contributed by atoms with Crippen molar-refractivity contribution < 1.29 is 0 Å². The summed E-state index contributed by atoms with van der Waals surface area (Å²) in [5.41, 5.74) is 8.20. The molecule has 0 saturated carbocycles. The van der Waals surface area contributed by atoms with Gasteiger partial charge in [-0.1, -0.05) is 30.3 Å². The first-order valence-electron chi connectivity index (χ1n) is 5.59. The molecule has 88 valence electrons. The van der Waals surface area contributed by atoms with E-state index in [0.717, 1.165) is 27.5 Å². The average Bonchev–Trinajstić information content (AvgIpc) is 2.36. The molecule has 0 spiro atoms. The lowest BCUT2D eigenvalue weighted by Gasteiger charge is -2.08. The number of para-hydroxylation sites is 2. The summed E-state index contributed by atoms with van der Waals surface area (Å²) in [5, 5.41) is 5.39. The number of pyridine rings is 1. The molecule has 3 rings (SSSR count). The average molecular weight is 253 g/mol. The van der Waals surface area contributed by atoms with Gasteiger partial charge in [0.1, 0.15) is 0 Å². The third kappa shape index (κ3) is 1.87. The van der Waals surface area contributed by atoms with Gasteiger partial charge < -0.3 is 11.1 Å². The van der Waals surface area contributed by atoms with Crippen molar-refractivity contribution >= 4 is 44.8 Å². The van der Waals surface area contributed by atoms with E-state index in [-0.39, 0.29) is 5.11 Å². The zero-order valence-corrected chi connectivity index (χ0v) is 10.4. The van der Waals surface area contributed by atoms with Crippen molar-refractivity contribution in [3.05, 3.63) is 48.5 Å². The van der Waals surface area contributed by atoms with Gasteiger partial charge in [0, 0.05) is 10.8 Å². The van der Waals surface area contributed by atoms with Crippen LogP contribution in [0.2, 0.25) is 0 Å². The molecule has 0 aliphatic heterocycles. The molecule has 2 aromatic carbocycles. The van der Waals surface area contributed by atoms with Crippen LogP contribution in [-0.4, -0.2) is 10.1 Å². The predicted molar refractivity (Wildman–Crippen MR) is 79.7 cm³/mol. The Hall–Kier alpha value is -2.20. The fourth-order valence-electron chi connectivity index (χ4n) is 2.04. The van der Waals surface area contributed by atoms with Crippen molar-refractivity contribution in [2.24, 2.45) is 5.73 Å². The van der Waals surface area contributed by atoms with Crippen molar-refractivity contribution in [3.63, 3.8) is 0 Å². The highest BCUT2D eigenvalue weighted by Gasteiger charge is 2.04. The molecule has 0 bridgehead atoms. The number of hydrogen-bond donors (Lipinski definition) is 2. The summed E-state index contributed by atoms with van der Waals surface area (Å²) >= 11 is 4.88. The summed E-state index contributed by atoms with van der Waals surface area (Å²) in [4.78, 5) is 4.65. The predicted octanol–water partition coefficient (Wildman–Crippen LogP) is 3.04. The summed E-state index contributed by atoms with van der Waals surface area (Å²) in [6.07, 6.45) is 0. The van der Waals surface area contributed by atoms with E-state index in [1.165, 1.54) is 0 Å². The number of anilines is 1. The standard InChI is InChI=1S/C14H11N3S/c15-14(18)17-12-7-3-5-10-8-9-4-1-2-6-11(9)16-13(10)12/h1-8H,(H3,15,17,18). The second-order valence-electron chi connectivity index (χ2n) is 4.05. The van der Waals surface area contributed by atoms with Crippen LogP contribution < -0.4 is 11.1 Å². The molecule has 3 N–H and O–H groups in total. The van der Waals surface area contributed by atoms with Crippen molar-refractivity contribution in [2.75, 3.05) is 5.32 Å². The lowest BCUT2D eigenvalue weighted by atomic mass is 10.1. The minimum atomic E-state index is 0.248. The Morgan fingerprint density at radius 1 is 1.06 bits per heavy atom. The molecule has 0 aliphatic carbocycles. The summed E-state index contributed by atoms with van der Waals surface area (Å²) in [6, 6.07) is 16.0. The molecule has 0 saturated heterocycles. The summed E-state index contributed by atoms with van der Waals surface area (Å²) < 4.78 is 0. The number of fused-ring (bicyclic) bond motifs is 2. The van der Waals surface area contributed by atoms with E-state index in [2.05, 4.69) is 22.4 Å². The first-order chi connectivity index (χ1) is 8.74. The molecule has 3 aromatic rings. The number of nitrogens with one attached hydrogen (secondary N) is 1. The van der Waals surface area contributed by atoms with Crippen LogP contribution in [0.3, 0.4) is 0 Å². The van der Waals surface area contributed by atoms with E-state index in [0.29, 0.717) is 0 Å². The van der Waals surface area contributed by atoms with Crippen LogP contribution in [0.25, 0.3) is 21.8 Å². The van der Waals surface area contributed by atoms with Gasteiger partial charge in [-0.25, -0.2) is 4.98 Å². The molecule has 0 aliphatic rings. The van der Waals surface area contributed by atoms with Gasteiger partial charge >= 0.3 is 0 Å². The molecule has 3 nitrogen and oxygen atoms in total. The van der Waals surface area contributed by atoms with E-state index >= 15 is 0 Å². The lowest BCUT2D eigenvalue weighted by Crippen LogP contribution is -2.19. The fraction of sp³-hybridized carbons (Fsp3) is 0. The highest BCUT2D eigenvalue weighted by Crippen LogP contribution is 2.25. The second-order valence-corrected chi connectivity index (χ2v) is 4.49. The minimum absolute atomic E-state index is 0.248. The quantitative estimate of drug-likeness (QED) is 0.517. The molecule has 1 heterocycles. The van der Waals surface area contributed by atoms with Crippen molar-refractivity contribution in [1.82, 2.24) is 4.98 Å². The molecule has 0 fully saturated rings. The number of hydrogen-bond acceptors (Lipinski definition) is 2. The van der Waals surface area contributed by atoms with Gasteiger partial charge in [-0.15, -0.1) is 0 Å². The number of nitrogens with two attached hydrogens (primary N) is 1. The zero-order valence-electron chi connectivity index (χ0n) is 9.55. The molecule has 0 amide bonds. The van der Waals surface area contributed by atoms with Crippen LogP contribution in [0.1, 0.15) is 0 Å². The third-order valence-electron chi connectivity index (χ3n) is 2.81. The van der Waals surface area contributed by atoms with E-state index in [1.54, 1.807) is 0 Å². The molecule has 4 heteroatoms. The Balaban J connectivity index is 2.32. The Labute approximate surface area is 110 Å². The first kappa shape index (κ1) is 10.9. The van der Waals surface area contributed by atoms with Gasteiger partial charge in [0.15, 0.2) is 5.11 Å². The molecule has 18 heavy (non-hydrogen) atoms. The van der Waals surface area contributed by atoms with Gasteiger partial charge in [-0.3, -0.25) is 0 Å². The SMILES string of the molecule is NC(=S)Nc1cccc2cc3ccccc3nc12. The highest BCUT2D eigenvalue weighted by molar-refractivity contribution is 7.80. The normalized spacial score (nSPS) is 10.7. The number of aromatic nitrogens is 1. The van der Waals surface area contributed by atoms with Crippen LogP contribution in [0.5, 0.6) is 0 Å². The molecule has 1 aromatic heterocycles. The van der Waals surface area contributed by atoms with Gasteiger partial charge in [-0.05, 0) is 30.4 Å². The van der Waals surface area contributed by atoms with Crippen LogP contribution in [0.15, 0.2) is 48.5 Å². The fourth-order valence-corrected chi connectivity index (χ4v) is 2.15. The topological polar surface area (TPSA) is 50.9 Å². The lowest BCUT2D eigenvalue weighted by molar-refractivity contribution is 1.49. The second kappa shape index (κ2) is 4.23. The highest BCUT2D eigenvalue weighted by atomic mass is 32.1. The maximum Gasteiger partial charge on any atom is 0.168 e. The largest absolute Gasteiger partial charge is 0.376 e. The van der Waals surface area contributed by atoms with Crippen molar-refractivity contribution in [2.45, 2.75) is 0 Å². The van der Waals surface area contributed by atoms with E-state index in [4.69, 9.17) is 18.0 Å².